The number of rotatable bonds is 9. The lowest BCUT2D eigenvalue weighted by Crippen LogP contribution is -2.19. The molecule has 3 aromatic carbocycles. The number of allylic oxidation sites excluding steroid dienone is 14. The van der Waals surface area contributed by atoms with Crippen molar-refractivity contribution in [1.82, 2.24) is 5.32 Å². The van der Waals surface area contributed by atoms with Crippen LogP contribution in [0.1, 0.15) is 68.1 Å². The summed E-state index contributed by atoms with van der Waals surface area (Å²) in [6, 6.07) is 28.2. The molecule has 0 radical (unpaired) electrons. The third-order valence-electron chi connectivity index (χ3n) is 8.65. The standard InChI is InChI=1S/C42H42N2/c1-3-37(22-15-19-33-17-7-4-8-18-33)43-41-30-35(26-28-40(41)34-20-9-5-10-21-34)36-25-27-39-32(2)16-13-14-29-44(42(39)31-36)38-23-11-6-12-24-38/h5-7,9-14,16-18,20-29,31,35,43H,2-4,8,15,19,30H2,1H3/b16-13-,29-14-,37-22+. The first-order valence-electron chi connectivity index (χ1n) is 16.0. The van der Waals surface area contributed by atoms with E-state index in [2.05, 4.69) is 163 Å². The number of hydrogen-bond acceptors (Lipinski definition) is 2. The van der Waals surface area contributed by atoms with Crippen molar-refractivity contribution in [2.45, 2.75) is 51.4 Å². The van der Waals surface area contributed by atoms with Crippen molar-refractivity contribution in [1.29, 1.82) is 0 Å². The lowest BCUT2D eigenvalue weighted by molar-refractivity contribution is 0.740. The molecule has 0 aromatic heterocycles. The van der Waals surface area contributed by atoms with Crippen molar-refractivity contribution >= 4 is 22.5 Å². The van der Waals surface area contributed by atoms with Gasteiger partial charge in [0.25, 0.3) is 0 Å². The minimum atomic E-state index is 0.252. The van der Waals surface area contributed by atoms with Crippen molar-refractivity contribution in [2.75, 3.05) is 4.90 Å². The number of fused-ring (bicyclic) bond motifs is 1. The summed E-state index contributed by atoms with van der Waals surface area (Å²) < 4.78 is 0. The van der Waals surface area contributed by atoms with E-state index < -0.39 is 0 Å². The van der Waals surface area contributed by atoms with Crippen molar-refractivity contribution in [3.8, 4) is 0 Å². The highest BCUT2D eigenvalue weighted by Crippen LogP contribution is 2.40. The van der Waals surface area contributed by atoms with Crippen LogP contribution < -0.4 is 10.2 Å². The molecule has 1 atom stereocenters. The van der Waals surface area contributed by atoms with E-state index in [4.69, 9.17) is 0 Å². The van der Waals surface area contributed by atoms with Gasteiger partial charge in [0.15, 0.2) is 0 Å². The molecule has 220 valence electrons. The number of anilines is 2. The van der Waals surface area contributed by atoms with Crippen LogP contribution in [0, 0.1) is 0 Å². The second kappa shape index (κ2) is 14.1. The average molecular weight is 575 g/mol. The maximum atomic E-state index is 4.39. The third kappa shape index (κ3) is 6.87. The Hall–Kier alpha value is -4.82. The Bertz CT molecular complexity index is 1690. The lowest BCUT2D eigenvalue weighted by atomic mass is 9.84. The molecular formula is C42H42N2. The Morgan fingerprint density at radius 2 is 1.75 bits per heavy atom. The topological polar surface area (TPSA) is 15.3 Å². The first-order valence-corrected chi connectivity index (χ1v) is 16.0. The Morgan fingerprint density at radius 3 is 2.52 bits per heavy atom. The molecule has 2 nitrogen and oxygen atoms in total. The lowest BCUT2D eigenvalue weighted by Gasteiger charge is -2.29. The molecule has 0 saturated carbocycles. The maximum Gasteiger partial charge on any atom is 0.0536 e. The highest BCUT2D eigenvalue weighted by Gasteiger charge is 2.22. The minimum Gasteiger partial charge on any atom is -0.362 e. The minimum absolute atomic E-state index is 0.252. The monoisotopic (exact) mass is 574 g/mol. The highest BCUT2D eigenvalue weighted by molar-refractivity contribution is 5.86. The van der Waals surface area contributed by atoms with Gasteiger partial charge in [0.1, 0.15) is 0 Å². The van der Waals surface area contributed by atoms with Crippen molar-refractivity contribution in [2.24, 2.45) is 0 Å². The summed E-state index contributed by atoms with van der Waals surface area (Å²) in [5.74, 6) is 0.252. The molecule has 2 aliphatic carbocycles. The fraction of sp³-hybridized carbons (Fsp3) is 0.190. The Morgan fingerprint density at radius 1 is 0.932 bits per heavy atom. The van der Waals surface area contributed by atoms with Crippen molar-refractivity contribution in [3.05, 3.63) is 180 Å². The molecule has 0 saturated heterocycles. The number of nitrogens with zero attached hydrogens (tertiary/aromatic N) is 1. The quantitative estimate of drug-likeness (QED) is 0.273. The van der Waals surface area contributed by atoms with E-state index in [9.17, 15) is 0 Å². The summed E-state index contributed by atoms with van der Waals surface area (Å²) in [5, 5.41) is 3.92. The molecule has 1 unspecified atom stereocenters. The van der Waals surface area contributed by atoms with E-state index in [0.717, 1.165) is 48.2 Å². The van der Waals surface area contributed by atoms with Crippen LogP contribution in [0.4, 0.5) is 11.4 Å². The van der Waals surface area contributed by atoms with E-state index >= 15 is 0 Å². The van der Waals surface area contributed by atoms with Gasteiger partial charge in [-0.2, -0.15) is 0 Å². The molecule has 1 aliphatic heterocycles. The summed E-state index contributed by atoms with van der Waals surface area (Å²) in [4.78, 5) is 2.28. The molecule has 44 heavy (non-hydrogen) atoms. The van der Waals surface area contributed by atoms with Crippen LogP contribution >= 0.6 is 0 Å². The van der Waals surface area contributed by atoms with Gasteiger partial charge in [-0.05, 0) is 79.5 Å². The number of nitrogens with one attached hydrogen (secondary N) is 1. The second-order valence-electron chi connectivity index (χ2n) is 11.6. The van der Waals surface area contributed by atoms with E-state index in [0.29, 0.717) is 0 Å². The Labute approximate surface area is 263 Å². The average Bonchev–Trinajstić information content (AvgIpc) is 3.08. The molecule has 6 rings (SSSR count). The summed E-state index contributed by atoms with van der Waals surface area (Å²) >= 11 is 0. The summed E-state index contributed by atoms with van der Waals surface area (Å²) in [5.41, 5.74) is 12.3. The van der Waals surface area contributed by atoms with Gasteiger partial charge in [-0.15, -0.1) is 0 Å². The van der Waals surface area contributed by atoms with Crippen molar-refractivity contribution < 1.29 is 0 Å². The van der Waals surface area contributed by atoms with Crippen LogP contribution in [0.2, 0.25) is 0 Å². The van der Waals surface area contributed by atoms with Gasteiger partial charge < -0.3 is 10.2 Å². The number of hydrogen-bond donors (Lipinski definition) is 1. The molecule has 0 spiro atoms. The predicted octanol–water partition coefficient (Wildman–Crippen LogP) is 11.3. The molecule has 3 aromatic rings. The van der Waals surface area contributed by atoms with E-state index in [-0.39, 0.29) is 5.92 Å². The van der Waals surface area contributed by atoms with Crippen molar-refractivity contribution in [3.63, 3.8) is 0 Å². The molecule has 2 heteroatoms. The van der Waals surface area contributed by atoms with Gasteiger partial charge >= 0.3 is 0 Å². The Balaban J connectivity index is 1.31. The zero-order chi connectivity index (χ0) is 30.1. The summed E-state index contributed by atoms with van der Waals surface area (Å²) in [6.45, 7) is 6.64. The van der Waals surface area contributed by atoms with Crippen LogP contribution in [0.15, 0.2) is 163 Å². The summed E-state index contributed by atoms with van der Waals surface area (Å²) in [6.07, 6.45) is 28.9. The zero-order valence-corrected chi connectivity index (χ0v) is 25.8. The Kier molecular flexibility index (Phi) is 9.38. The number of para-hydroxylation sites is 1. The SMILES string of the molecule is C=C1/C=C\C=C/N(c2ccccc2)c2cc(C3C=CC(c4ccccc4)=C(N/C(=C/CCC4=CCCC=C4)CC)C3)ccc21. The molecular weight excluding hydrogens is 532 g/mol. The molecule has 0 fully saturated rings. The predicted molar refractivity (Wildman–Crippen MR) is 189 cm³/mol. The largest absolute Gasteiger partial charge is 0.362 e. The second-order valence-corrected chi connectivity index (χ2v) is 11.6. The summed E-state index contributed by atoms with van der Waals surface area (Å²) in [7, 11) is 0. The first kappa shape index (κ1) is 29.3. The zero-order valence-electron chi connectivity index (χ0n) is 25.8. The van der Waals surface area contributed by atoms with Gasteiger partial charge in [-0.1, -0.05) is 128 Å². The fourth-order valence-electron chi connectivity index (χ4n) is 6.23. The molecule has 1 heterocycles. The van der Waals surface area contributed by atoms with Crippen LogP contribution in [-0.4, -0.2) is 0 Å². The normalized spacial score (nSPS) is 19.6. The first-order chi connectivity index (χ1) is 21.7. The van der Waals surface area contributed by atoms with E-state index in [1.54, 1.807) is 0 Å². The van der Waals surface area contributed by atoms with E-state index in [1.807, 2.05) is 0 Å². The van der Waals surface area contributed by atoms with Gasteiger partial charge in [0.05, 0.1) is 5.69 Å². The molecule has 1 N–H and O–H groups in total. The van der Waals surface area contributed by atoms with Crippen LogP contribution in [0.25, 0.3) is 11.1 Å². The highest BCUT2D eigenvalue weighted by atomic mass is 15.1. The van der Waals surface area contributed by atoms with E-state index in [1.165, 1.54) is 46.5 Å². The van der Waals surface area contributed by atoms with Gasteiger partial charge in [0.2, 0.25) is 0 Å². The molecule has 0 amide bonds. The fourth-order valence-corrected chi connectivity index (χ4v) is 6.23. The van der Waals surface area contributed by atoms with Crippen LogP contribution in [-0.2, 0) is 0 Å². The maximum absolute atomic E-state index is 4.39. The van der Waals surface area contributed by atoms with Gasteiger partial charge in [-0.3, -0.25) is 0 Å². The third-order valence-corrected chi connectivity index (χ3v) is 8.65. The smallest absolute Gasteiger partial charge is 0.0536 e. The molecule has 0 bridgehead atoms. The van der Waals surface area contributed by atoms with Crippen LogP contribution in [0.3, 0.4) is 0 Å². The van der Waals surface area contributed by atoms with Gasteiger partial charge in [-0.25, -0.2) is 0 Å². The van der Waals surface area contributed by atoms with Gasteiger partial charge in [0, 0.05) is 40.3 Å². The molecule has 3 aliphatic rings. The number of benzene rings is 3. The van der Waals surface area contributed by atoms with Crippen LogP contribution in [0.5, 0.6) is 0 Å².